The van der Waals surface area contributed by atoms with Crippen molar-refractivity contribution in [3.05, 3.63) is 52.5 Å². The molecule has 7 nitrogen and oxygen atoms in total. The molecule has 1 N–H and O–H groups in total. The van der Waals surface area contributed by atoms with Crippen LogP contribution >= 0.6 is 11.6 Å². The Balaban J connectivity index is 1.43. The van der Waals surface area contributed by atoms with Gasteiger partial charge in [-0.15, -0.1) is 0 Å². The van der Waals surface area contributed by atoms with E-state index in [0.29, 0.717) is 30.6 Å². The molecule has 4 atom stereocenters. The van der Waals surface area contributed by atoms with Gasteiger partial charge in [0.2, 0.25) is 5.91 Å². The van der Waals surface area contributed by atoms with E-state index in [0.717, 1.165) is 68.7 Å². The molecule has 1 fully saturated rings. The van der Waals surface area contributed by atoms with Crippen molar-refractivity contribution in [1.29, 1.82) is 0 Å². The molecule has 2 aliphatic heterocycles. The number of hydrogen-bond acceptors (Lipinski definition) is 6. The average molecular weight is 573 g/mol. The molecule has 1 amide bonds. The second-order valence-electron chi connectivity index (χ2n) is 11.8. The maximum Gasteiger partial charge on any atom is 0.264 e. The number of methoxy groups -OCH3 is 1. The number of aryl methyl sites for hydroxylation is 1. The Labute approximate surface area is 236 Å². The summed E-state index contributed by atoms with van der Waals surface area (Å²) in [6.45, 7) is 2.05. The van der Waals surface area contributed by atoms with Gasteiger partial charge in [0.25, 0.3) is 10.0 Å². The summed E-state index contributed by atoms with van der Waals surface area (Å²) in [5, 5.41) is 0.748. The number of sulfonamides is 1. The third-order valence-corrected chi connectivity index (χ3v) is 11.0. The van der Waals surface area contributed by atoms with Crippen molar-refractivity contribution in [2.75, 3.05) is 31.7 Å². The predicted molar refractivity (Wildman–Crippen MR) is 151 cm³/mol. The fourth-order valence-corrected chi connectivity index (χ4v) is 8.48. The first-order valence-electron chi connectivity index (χ1n) is 14.2. The number of anilines is 1. The molecule has 2 aliphatic carbocycles. The van der Waals surface area contributed by atoms with Crippen molar-refractivity contribution in [3.63, 3.8) is 0 Å². The zero-order valence-corrected chi connectivity index (χ0v) is 24.0. The third-order valence-electron chi connectivity index (χ3n) is 9.42. The highest BCUT2D eigenvalue weighted by molar-refractivity contribution is 7.90. The second-order valence-corrected chi connectivity index (χ2v) is 13.9. The van der Waals surface area contributed by atoms with Gasteiger partial charge in [0, 0.05) is 37.1 Å². The number of hydrogen-bond donors (Lipinski definition) is 1. The van der Waals surface area contributed by atoms with Gasteiger partial charge in [-0.05, 0) is 98.2 Å². The molecule has 39 heavy (non-hydrogen) atoms. The van der Waals surface area contributed by atoms with Gasteiger partial charge in [0.15, 0.2) is 0 Å². The van der Waals surface area contributed by atoms with E-state index in [9.17, 15) is 13.2 Å². The number of fused-ring (bicyclic) bond motifs is 4. The minimum atomic E-state index is -4.00. The summed E-state index contributed by atoms with van der Waals surface area (Å²) in [4.78, 5) is 15.0. The summed E-state index contributed by atoms with van der Waals surface area (Å²) in [5.74, 6) is 1.10. The molecule has 0 radical (unpaired) electrons. The first kappa shape index (κ1) is 26.9. The van der Waals surface area contributed by atoms with Crippen molar-refractivity contribution >= 4 is 33.2 Å². The lowest BCUT2D eigenvalue weighted by atomic mass is 9.68. The lowest BCUT2D eigenvalue weighted by Crippen LogP contribution is -2.49. The molecule has 0 aromatic heterocycles. The highest BCUT2D eigenvalue weighted by atomic mass is 35.5. The number of halogens is 1. The molecule has 6 rings (SSSR count). The van der Waals surface area contributed by atoms with E-state index < -0.39 is 15.9 Å². The summed E-state index contributed by atoms with van der Waals surface area (Å²) < 4.78 is 41.2. The van der Waals surface area contributed by atoms with Crippen LogP contribution in [0.5, 0.6) is 5.75 Å². The van der Waals surface area contributed by atoms with Crippen LogP contribution in [0.2, 0.25) is 5.02 Å². The van der Waals surface area contributed by atoms with E-state index in [2.05, 4.69) is 21.8 Å². The van der Waals surface area contributed by atoms with Crippen LogP contribution in [0.3, 0.4) is 0 Å². The van der Waals surface area contributed by atoms with E-state index in [4.69, 9.17) is 21.1 Å². The number of carbonyl (C=O) groups excluding carboxylic acids is 1. The van der Waals surface area contributed by atoms with Crippen LogP contribution < -0.4 is 14.4 Å². The van der Waals surface area contributed by atoms with Crippen LogP contribution in [-0.2, 0) is 31.4 Å². The second kappa shape index (κ2) is 10.6. The van der Waals surface area contributed by atoms with Gasteiger partial charge in [-0.1, -0.05) is 24.1 Å². The minimum absolute atomic E-state index is 0.0878. The maximum absolute atomic E-state index is 13.2. The molecule has 4 aliphatic rings. The monoisotopic (exact) mass is 572 g/mol. The maximum atomic E-state index is 13.2. The van der Waals surface area contributed by atoms with Crippen molar-refractivity contribution in [3.8, 4) is 5.75 Å². The number of ether oxygens (including phenoxy) is 2. The first-order valence-corrected chi connectivity index (χ1v) is 16.0. The molecule has 1 saturated carbocycles. The van der Waals surface area contributed by atoms with Gasteiger partial charge in [-0.3, -0.25) is 4.79 Å². The van der Waals surface area contributed by atoms with Crippen molar-refractivity contribution in [2.24, 2.45) is 11.8 Å². The number of nitrogens with one attached hydrogen (secondary N) is 1. The Hall–Kier alpha value is -2.29. The topological polar surface area (TPSA) is 84.9 Å². The van der Waals surface area contributed by atoms with Crippen LogP contribution in [0, 0.1) is 11.8 Å². The van der Waals surface area contributed by atoms with Gasteiger partial charge in [-0.25, -0.2) is 13.1 Å². The number of carbonyl (C=O) groups is 1. The van der Waals surface area contributed by atoms with E-state index in [1.165, 1.54) is 11.1 Å². The Morgan fingerprint density at radius 1 is 1.08 bits per heavy atom. The number of rotatable bonds is 1. The molecule has 2 aromatic carbocycles. The van der Waals surface area contributed by atoms with E-state index in [-0.39, 0.29) is 22.8 Å². The van der Waals surface area contributed by atoms with Crippen LogP contribution in [0.1, 0.15) is 62.5 Å². The molecule has 2 heterocycles. The zero-order valence-electron chi connectivity index (χ0n) is 22.5. The number of nitrogens with zero attached hydrogens (tertiary/aromatic N) is 1. The van der Waals surface area contributed by atoms with E-state index >= 15 is 0 Å². The summed E-state index contributed by atoms with van der Waals surface area (Å²) in [5.41, 5.74) is 3.10. The molecular formula is C30H37ClN2O5S. The first-order chi connectivity index (χ1) is 18.8. The summed E-state index contributed by atoms with van der Waals surface area (Å²) in [6.07, 6.45) is 7.92. The van der Waals surface area contributed by atoms with Crippen LogP contribution in [-0.4, -0.2) is 47.2 Å². The SMILES string of the molecule is CO[C@@H]1CCCCC(=O)NS(=O)(=O)c2ccc3c(c2)N(C[C@@H]2CC[C@H]21)C[C@@]1(CCCc2cc(Cl)ccc21)CO3. The molecule has 9 heteroatoms. The molecule has 210 valence electrons. The Kier molecular flexibility index (Phi) is 7.31. The van der Waals surface area contributed by atoms with Crippen molar-refractivity contribution < 1.29 is 22.7 Å². The minimum Gasteiger partial charge on any atom is -0.490 e. The van der Waals surface area contributed by atoms with Gasteiger partial charge in [-0.2, -0.15) is 0 Å². The van der Waals surface area contributed by atoms with E-state index in [1.807, 2.05) is 6.07 Å². The van der Waals surface area contributed by atoms with Crippen LogP contribution in [0.15, 0.2) is 41.3 Å². The lowest BCUT2D eigenvalue weighted by molar-refractivity contribution is -0.119. The summed E-state index contributed by atoms with van der Waals surface area (Å²) in [7, 11) is -2.21. The Morgan fingerprint density at radius 3 is 2.74 bits per heavy atom. The summed E-state index contributed by atoms with van der Waals surface area (Å²) >= 11 is 6.38. The fourth-order valence-electron chi connectivity index (χ4n) is 7.25. The summed E-state index contributed by atoms with van der Waals surface area (Å²) in [6, 6.07) is 11.2. The van der Waals surface area contributed by atoms with Crippen molar-refractivity contribution in [2.45, 2.75) is 74.2 Å². The Morgan fingerprint density at radius 2 is 1.95 bits per heavy atom. The van der Waals surface area contributed by atoms with Crippen LogP contribution in [0.4, 0.5) is 5.69 Å². The van der Waals surface area contributed by atoms with Crippen LogP contribution in [0.25, 0.3) is 0 Å². The smallest absolute Gasteiger partial charge is 0.264 e. The quantitative estimate of drug-likeness (QED) is 0.503. The third kappa shape index (κ3) is 5.16. The standard InChI is InChI=1S/C30H37ClN2O5S/c1-37-27-6-2-3-7-29(34)32-39(35,36)23-10-13-28-26(16-23)33(17-21-8-11-24(21)27)18-30(19-38-28)14-4-5-20-15-22(31)9-12-25(20)30/h9-10,12-13,15-16,21,24,27H,2-8,11,14,17-19H2,1H3,(H,32,34)/t21-,24+,27+,30-/m0/s1. The van der Waals surface area contributed by atoms with Gasteiger partial charge >= 0.3 is 0 Å². The highest BCUT2D eigenvalue weighted by Crippen LogP contribution is 2.47. The largest absolute Gasteiger partial charge is 0.490 e. The normalized spacial score (nSPS) is 30.4. The number of amides is 1. The average Bonchev–Trinajstić information content (AvgIpc) is 3.04. The van der Waals surface area contributed by atoms with Crippen molar-refractivity contribution in [1.82, 2.24) is 4.72 Å². The highest BCUT2D eigenvalue weighted by Gasteiger charge is 2.44. The molecule has 2 aromatic rings. The van der Waals surface area contributed by atoms with Gasteiger partial charge in [0.05, 0.1) is 23.3 Å². The van der Waals surface area contributed by atoms with Gasteiger partial charge in [0.1, 0.15) is 5.75 Å². The Bertz CT molecular complexity index is 1370. The molecular weight excluding hydrogens is 536 g/mol. The van der Waals surface area contributed by atoms with E-state index in [1.54, 1.807) is 25.3 Å². The molecule has 1 spiro atoms. The van der Waals surface area contributed by atoms with Gasteiger partial charge < -0.3 is 14.4 Å². The molecule has 0 saturated heterocycles. The lowest BCUT2D eigenvalue weighted by Gasteiger charge is -2.46. The molecule has 2 bridgehead atoms. The zero-order chi connectivity index (χ0) is 27.2. The predicted octanol–water partition coefficient (Wildman–Crippen LogP) is 5.23. The fraction of sp³-hybridized carbons (Fsp3) is 0.567. The molecule has 0 unspecified atom stereocenters. The number of benzene rings is 2.